The predicted molar refractivity (Wildman–Crippen MR) is 128 cm³/mol. The minimum Gasteiger partial charge on any atom is -0.507 e. The molecule has 0 spiro atoms. The van der Waals surface area contributed by atoms with Gasteiger partial charge in [0.05, 0.1) is 18.2 Å². The maximum absolute atomic E-state index is 13.0. The number of likely N-dealkylation sites (tertiary alicyclic amines) is 1. The molecule has 0 aliphatic carbocycles. The summed E-state index contributed by atoms with van der Waals surface area (Å²) in [6.45, 7) is 10.9. The summed E-state index contributed by atoms with van der Waals surface area (Å²) in [6.07, 6.45) is 1.64. The van der Waals surface area contributed by atoms with E-state index in [0.29, 0.717) is 17.9 Å². The molecule has 1 aliphatic rings. The van der Waals surface area contributed by atoms with E-state index >= 15 is 0 Å². The molecular formula is C27H31NO5. The molecule has 0 bridgehead atoms. The Morgan fingerprint density at radius 3 is 2.27 bits per heavy atom. The van der Waals surface area contributed by atoms with Crippen molar-refractivity contribution in [3.63, 3.8) is 0 Å². The fourth-order valence-corrected chi connectivity index (χ4v) is 3.83. The number of carbonyl (C=O) groups excluding carboxylic acids is 2. The molecule has 1 heterocycles. The van der Waals surface area contributed by atoms with Crippen molar-refractivity contribution in [2.24, 2.45) is 0 Å². The van der Waals surface area contributed by atoms with E-state index in [-0.39, 0.29) is 29.9 Å². The highest BCUT2D eigenvalue weighted by Gasteiger charge is 2.45. The highest BCUT2D eigenvalue weighted by Crippen LogP contribution is 2.40. The second kappa shape index (κ2) is 10.0. The van der Waals surface area contributed by atoms with E-state index in [1.54, 1.807) is 37.5 Å². The number of hydrogen-bond acceptors (Lipinski definition) is 5. The monoisotopic (exact) mass is 449 g/mol. The molecule has 1 aliphatic heterocycles. The van der Waals surface area contributed by atoms with E-state index in [4.69, 9.17) is 9.47 Å². The highest BCUT2D eigenvalue weighted by atomic mass is 16.5. The Morgan fingerprint density at radius 1 is 1.09 bits per heavy atom. The van der Waals surface area contributed by atoms with Gasteiger partial charge in [0, 0.05) is 19.2 Å². The molecule has 1 atom stereocenters. The standard InChI is InChI=1S/C27H31NO5/c1-6-16-33-21-13-9-19(10-14-21)24(29)22-23(28(15-17-32-5)26(31)25(22)30)18-7-11-20(12-8-18)27(2,3)4/h6-14,23,29H,1,15-17H2,2-5H3/t23-/m1/s1. The van der Waals surface area contributed by atoms with E-state index in [1.165, 1.54) is 4.90 Å². The van der Waals surface area contributed by atoms with Crippen molar-refractivity contribution >= 4 is 17.4 Å². The lowest BCUT2D eigenvalue weighted by Gasteiger charge is -2.26. The van der Waals surface area contributed by atoms with Crippen molar-refractivity contribution in [2.45, 2.75) is 32.2 Å². The van der Waals surface area contributed by atoms with Gasteiger partial charge in [0.25, 0.3) is 11.7 Å². The van der Waals surface area contributed by atoms with Gasteiger partial charge in [-0.2, -0.15) is 0 Å². The Hall–Kier alpha value is -3.38. The molecule has 1 amide bonds. The van der Waals surface area contributed by atoms with Crippen LogP contribution in [0.1, 0.15) is 43.5 Å². The minimum absolute atomic E-state index is 0.0359. The zero-order valence-electron chi connectivity index (χ0n) is 19.6. The summed E-state index contributed by atoms with van der Waals surface area (Å²) in [5.41, 5.74) is 2.36. The molecule has 0 saturated carbocycles. The summed E-state index contributed by atoms with van der Waals surface area (Å²) in [7, 11) is 1.54. The number of amides is 1. The Bertz CT molecular complexity index is 1050. The minimum atomic E-state index is -0.708. The number of aliphatic hydroxyl groups excluding tert-OH is 1. The fourth-order valence-electron chi connectivity index (χ4n) is 3.83. The first-order valence-corrected chi connectivity index (χ1v) is 10.9. The Morgan fingerprint density at radius 2 is 1.73 bits per heavy atom. The quantitative estimate of drug-likeness (QED) is 0.276. The summed E-state index contributed by atoms with van der Waals surface area (Å²) >= 11 is 0. The first-order valence-electron chi connectivity index (χ1n) is 10.9. The smallest absolute Gasteiger partial charge is 0.295 e. The number of Topliss-reactive ketones (excluding diaryl/α,β-unsaturated/α-hetero) is 1. The van der Waals surface area contributed by atoms with Crippen molar-refractivity contribution in [2.75, 3.05) is 26.9 Å². The summed E-state index contributed by atoms with van der Waals surface area (Å²) < 4.78 is 10.6. The maximum atomic E-state index is 13.0. The van der Waals surface area contributed by atoms with Crippen molar-refractivity contribution in [1.29, 1.82) is 0 Å². The van der Waals surface area contributed by atoms with E-state index in [0.717, 1.165) is 11.1 Å². The van der Waals surface area contributed by atoms with Crippen LogP contribution in [-0.4, -0.2) is 48.6 Å². The molecule has 1 fully saturated rings. The first-order chi connectivity index (χ1) is 15.7. The second-order valence-corrected chi connectivity index (χ2v) is 8.98. The summed E-state index contributed by atoms with van der Waals surface area (Å²) in [5, 5.41) is 11.1. The number of hydrogen-bond donors (Lipinski definition) is 1. The third kappa shape index (κ3) is 5.17. The molecule has 2 aromatic rings. The summed E-state index contributed by atoms with van der Waals surface area (Å²) in [4.78, 5) is 27.4. The molecule has 33 heavy (non-hydrogen) atoms. The molecule has 174 valence electrons. The van der Waals surface area contributed by atoms with Crippen LogP contribution in [0, 0.1) is 0 Å². The Kier molecular flexibility index (Phi) is 7.39. The van der Waals surface area contributed by atoms with Crippen molar-refractivity contribution in [3.8, 4) is 5.75 Å². The van der Waals surface area contributed by atoms with Crippen LogP contribution in [-0.2, 0) is 19.7 Å². The van der Waals surface area contributed by atoms with Crippen molar-refractivity contribution in [3.05, 3.63) is 83.4 Å². The van der Waals surface area contributed by atoms with Crippen molar-refractivity contribution in [1.82, 2.24) is 4.90 Å². The van der Waals surface area contributed by atoms with Gasteiger partial charge in [-0.15, -0.1) is 0 Å². The van der Waals surface area contributed by atoms with Crippen molar-refractivity contribution < 1.29 is 24.2 Å². The van der Waals surface area contributed by atoms with Gasteiger partial charge in [-0.1, -0.05) is 57.7 Å². The lowest BCUT2D eigenvalue weighted by atomic mass is 9.85. The van der Waals surface area contributed by atoms with E-state index in [9.17, 15) is 14.7 Å². The van der Waals surface area contributed by atoms with Crippen LogP contribution in [0.25, 0.3) is 5.76 Å². The second-order valence-electron chi connectivity index (χ2n) is 8.98. The number of ketones is 1. The lowest BCUT2D eigenvalue weighted by molar-refractivity contribution is -0.140. The molecule has 2 aromatic carbocycles. The fraction of sp³-hybridized carbons (Fsp3) is 0.333. The topological polar surface area (TPSA) is 76.1 Å². The zero-order valence-corrected chi connectivity index (χ0v) is 19.6. The molecule has 0 radical (unpaired) electrons. The van der Waals surface area contributed by atoms with Gasteiger partial charge in [-0.05, 0) is 40.8 Å². The van der Waals surface area contributed by atoms with Gasteiger partial charge in [0.15, 0.2) is 0 Å². The normalized spacial score (nSPS) is 17.9. The van der Waals surface area contributed by atoms with E-state index < -0.39 is 17.7 Å². The Balaban J connectivity index is 2.07. The third-order valence-electron chi connectivity index (χ3n) is 5.66. The largest absolute Gasteiger partial charge is 0.507 e. The number of rotatable bonds is 8. The van der Waals surface area contributed by atoms with Gasteiger partial charge in [0.1, 0.15) is 18.1 Å². The van der Waals surface area contributed by atoms with Crippen LogP contribution in [0.4, 0.5) is 0 Å². The number of benzene rings is 2. The zero-order chi connectivity index (χ0) is 24.2. The van der Waals surface area contributed by atoms with Gasteiger partial charge < -0.3 is 19.5 Å². The maximum Gasteiger partial charge on any atom is 0.295 e. The van der Waals surface area contributed by atoms with E-state index in [1.807, 2.05) is 24.3 Å². The number of nitrogens with zero attached hydrogens (tertiary/aromatic N) is 1. The molecule has 1 N–H and O–H groups in total. The van der Waals surface area contributed by atoms with Gasteiger partial charge >= 0.3 is 0 Å². The number of methoxy groups -OCH3 is 1. The van der Waals surface area contributed by atoms with Crippen LogP contribution in [0.5, 0.6) is 5.75 Å². The number of carbonyl (C=O) groups is 2. The SMILES string of the molecule is C=CCOc1ccc(C(O)=C2C(=O)C(=O)N(CCOC)[C@@H]2c2ccc(C(C)(C)C)cc2)cc1. The Labute approximate surface area is 195 Å². The molecule has 1 saturated heterocycles. The highest BCUT2D eigenvalue weighted by molar-refractivity contribution is 6.46. The summed E-state index contributed by atoms with van der Waals surface area (Å²) in [5.74, 6) is -0.959. The molecule has 3 rings (SSSR count). The van der Waals surface area contributed by atoms with Crippen LogP contribution in [0.15, 0.2) is 66.8 Å². The molecule has 0 aromatic heterocycles. The van der Waals surface area contributed by atoms with Gasteiger partial charge in [-0.25, -0.2) is 0 Å². The molecule has 6 heteroatoms. The average molecular weight is 450 g/mol. The van der Waals surface area contributed by atoms with Crippen LogP contribution >= 0.6 is 0 Å². The predicted octanol–water partition coefficient (Wildman–Crippen LogP) is 4.62. The third-order valence-corrected chi connectivity index (χ3v) is 5.66. The number of aliphatic hydroxyl groups is 1. The van der Waals surface area contributed by atoms with E-state index in [2.05, 4.69) is 27.4 Å². The molecule has 6 nitrogen and oxygen atoms in total. The lowest BCUT2D eigenvalue weighted by Crippen LogP contribution is -2.32. The van der Waals surface area contributed by atoms with Crippen LogP contribution < -0.4 is 4.74 Å². The van der Waals surface area contributed by atoms with Gasteiger partial charge in [-0.3, -0.25) is 9.59 Å². The van der Waals surface area contributed by atoms with Crippen LogP contribution in [0.3, 0.4) is 0 Å². The molecule has 0 unspecified atom stereocenters. The average Bonchev–Trinajstić information content (AvgIpc) is 3.05. The summed E-state index contributed by atoms with van der Waals surface area (Å²) in [6, 6.07) is 13.8. The number of ether oxygens (including phenoxy) is 2. The van der Waals surface area contributed by atoms with Gasteiger partial charge in [0.2, 0.25) is 0 Å². The first kappa shape index (κ1) is 24.3. The van der Waals surface area contributed by atoms with Crippen LogP contribution in [0.2, 0.25) is 0 Å². The molecular weight excluding hydrogens is 418 g/mol.